The van der Waals surface area contributed by atoms with Gasteiger partial charge in [0, 0.05) is 35.4 Å². The van der Waals surface area contributed by atoms with Crippen LogP contribution >= 0.6 is 15.9 Å². The van der Waals surface area contributed by atoms with E-state index in [-0.39, 0.29) is 13.0 Å². The molecule has 1 saturated heterocycles. The molecule has 0 radical (unpaired) electrons. The minimum Gasteiger partial charge on any atom is -0.286 e. The van der Waals surface area contributed by atoms with E-state index < -0.39 is 5.92 Å². The lowest BCUT2D eigenvalue weighted by atomic mass is 10.3. The summed E-state index contributed by atoms with van der Waals surface area (Å²) in [6.45, 7) is 0.610. The molecule has 0 aromatic carbocycles. The summed E-state index contributed by atoms with van der Waals surface area (Å²) in [5, 5.41) is 0. The van der Waals surface area contributed by atoms with Crippen molar-refractivity contribution in [1.82, 2.24) is 9.88 Å². The van der Waals surface area contributed by atoms with E-state index in [9.17, 15) is 8.78 Å². The first-order valence-corrected chi connectivity index (χ1v) is 6.04. The zero-order chi connectivity index (χ0) is 12.3. The van der Waals surface area contributed by atoms with Crippen LogP contribution in [-0.4, -0.2) is 35.4 Å². The number of nitrogens with zero attached hydrogens (tertiary/aromatic N) is 2. The van der Waals surface area contributed by atoms with Crippen molar-refractivity contribution < 1.29 is 8.78 Å². The summed E-state index contributed by atoms with van der Waals surface area (Å²) in [7, 11) is 0. The second kappa shape index (κ2) is 5.11. The van der Waals surface area contributed by atoms with Crippen LogP contribution in [0.15, 0.2) is 22.9 Å². The minimum atomic E-state index is -2.54. The summed E-state index contributed by atoms with van der Waals surface area (Å²) >= 11 is 3.30. The number of hydrogen-bond donors (Lipinski definition) is 0. The summed E-state index contributed by atoms with van der Waals surface area (Å²) in [4.78, 5) is 5.64. The van der Waals surface area contributed by atoms with Crippen molar-refractivity contribution >= 4 is 15.9 Å². The van der Waals surface area contributed by atoms with Crippen molar-refractivity contribution in [1.29, 1.82) is 0 Å². The molecule has 0 spiro atoms. The molecule has 17 heavy (non-hydrogen) atoms. The summed E-state index contributed by atoms with van der Waals surface area (Å²) in [5.74, 6) is 3.26. The molecule has 2 rings (SSSR count). The third-order valence-corrected chi connectivity index (χ3v) is 2.92. The van der Waals surface area contributed by atoms with E-state index in [2.05, 4.69) is 32.8 Å². The molecule has 1 aromatic heterocycles. The molecular formula is C12H11BrF2N2. The van der Waals surface area contributed by atoms with E-state index in [1.54, 1.807) is 17.3 Å². The van der Waals surface area contributed by atoms with Gasteiger partial charge in [0.1, 0.15) is 0 Å². The average molecular weight is 301 g/mol. The number of aromatic nitrogens is 1. The van der Waals surface area contributed by atoms with Crippen molar-refractivity contribution in [3.63, 3.8) is 0 Å². The SMILES string of the molecule is FC1(F)CCN(CC#Cc2cncc(Br)c2)C1. The highest BCUT2D eigenvalue weighted by molar-refractivity contribution is 9.10. The number of halogens is 3. The van der Waals surface area contributed by atoms with Crippen LogP contribution in [0.5, 0.6) is 0 Å². The summed E-state index contributed by atoms with van der Waals surface area (Å²) < 4.78 is 26.6. The Morgan fingerprint density at radius 3 is 2.94 bits per heavy atom. The van der Waals surface area contributed by atoms with Crippen molar-refractivity contribution in [2.75, 3.05) is 19.6 Å². The number of rotatable bonds is 1. The smallest absolute Gasteiger partial charge is 0.261 e. The van der Waals surface area contributed by atoms with Gasteiger partial charge in [-0.2, -0.15) is 0 Å². The third-order valence-electron chi connectivity index (χ3n) is 2.49. The minimum absolute atomic E-state index is 0.0624. The Bertz CT molecular complexity index is 465. The Balaban J connectivity index is 1.91. The maximum absolute atomic E-state index is 12.9. The second-order valence-corrected chi connectivity index (χ2v) is 4.93. The number of pyridine rings is 1. The van der Waals surface area contributed by atoms with Gasteiger partial charge in [0.25, 0.3) is 5.92 Å². The van der Waals surface area contributed by atoms with Gasteiger partial charge in [-0.1, -0.05) is 11.8 Å². The standard InChI is InChI=1S/C12H11BrF2N2/c13-11-6-10(7-16-8-11)2-1-4-17-5-3-12(14,15)9-17/h6-8H,3-5,9H2. The number of alkyl halides is 2. The zero-order valence-corrected chi connectivity index (χ0v) is 10.7. The maximum Gasteiger partial charge on any atom is 0.261 e. The molecule has 90 valence electrons. The summed E-state index contributed by atoms with van der Waals surface area (Å²) in [5.41, 5.74) is 0.783. The lowest BCUT2D eigenvalue weighted by Crippen LogP contribution is -2.25. The van der Waals surface area contributed by atoms with Crippen LogP contribution in [0, 0.1) is 11.8 Å². The second-order valence-electron chi connectivity index (χ2n) is 4.01. The van der Waals surface area contributed by atoms with Gasteiger partial charge in [-0.25, -0.2) is 8.78 Å². The largest absolute Gasteiger partial charge is 0.286 e. The first-order chi connectivity index (χ1) is 8.05. The molecule has 0 aliphatic carbocycles. The van der Waals surface area contributed by atoms with E-state index >= 15 is 0 Å². The topological polar surface area (TPSA) is 16.1 Å². The van der Waals surface area contributed by atoms with Crippen LogP contribution in [0.3, 0.4) is 0 Å². The molecule has 0 bridgehead atoms. The molecule has 2 nitrogen and oxygen atoms in total. The molecule has 0 unspecified atom stereocenters. The Morgan fingerprint density at radius 2 is 2.29 bits per heavy atom. The van der Waals surface area contributed by atoms with Crippen LogP contribution in [-0.2, 0) is 0 Å². The lowest BCUT2D eigenvalue weighted by Gasteiger charge is -2.10. The first kappa shape index (κ1) is 12.5. The molecule has 0 saturated carbocycles. The molecule has 1 fully saturated rings. The Labute approximate surface area is 107 Å². The normalized spacial score (nSPS) is 18.8. The molecule has 1 aromatic rings. The van der Waals surface area contributed by atoms with E-state index in [1.165, 1.54) is 0 Å². The van der Waals surface area contributed by atoms with E-state index in [0.717, 1.165) is 10.0 Å². The lowest BCUT2D eigenvalue weighted by molar-refractivity contribution is 0.0135. The van der Waals surface area contributed by atoms with Crippen molar-refractivity contribution in [2.45, 2.75) is 12.3 Å². The quantitative estimate of drug-likeness (QED) is 0.741. The number of hydrogen-bond acceptors (Lipinski definition) is 2. The summed E-state index contributed by atoms with van der Waals surface area (Å²) in [6.07, 6.45) is 3.26. The van der Waals surface area contributed by atoms with E-state index in [1.807, 2.05) is 6.07 Å². The van der Waals surface area contributed by atoms with Gasteiger partial charge in [0.15, 0.2) is 0 Å². The highest BCUT2D eigenvalue weighted by Crippen LogP contribution is 2.26. The Kier molecular flexibility index (Phi) is 3.75. The highest BCUT2D eigenvalue weighted by Gasteiger charge is 2.37. The fraction of sp³-hybridized carbons (Fsp3) is 0.417. The summed E-state index contributed by atoms with van der Waals surface area (Å²) in [6, 6.07) is 1.85. The highest BCUT2D eigenvalue weighted by atomic mass is 79.9. The zero-order valence-electron chi connectivity index (χ0n) is 9.09. The third kappa shape index (κ3) is 3.76. The molecule has 0 atom stereocenters. The molecule has 2 heterocycles. The van der Waals surface area contributed by atoms with Crippen LogP contribution in [0.2, 0.25) is 0 Å². The fourth-order valence-corrected chi connectivity index (χ4v) is 2.04. The van der Waals surface area contributed by atoms with E-state index in [4.69, 9.17) is 0 Å². The Morgan fingerprint density at radius 1 is 1.47 bits per heavy atom. The van der Waals surface area contributed by atoms with Crippen LogP contribution in [0.1, 0.15) is 12.0 Å². The Hall–Kier alpha value is -0.990. The van der Waals surface area contributed by atoms with Crippen LogP contribution < -0.4 is 0 Å². The fourth-order valence-electron chi connectivity index (χ4n) is 1.68. The van der Waals surface area contributed by atoms with Crippen molar-refractivity contribution in [2.24, 2.45) is 0 Å². The van der Waals surface area contributed by atoms with Crippen molar-refractivity contribution in [3.8, 4) is 11.8 Å². The van der Waals surface area contributed by atoms with Gasteiger partial charge in [-0.3, -0.25) is 9.88 Å². The van der Waals surface area contributed by atoms with E-state index in [0.29, 0.717) is 13.1 Å². The molecule has 0 amide bonds. The molecular weight excluding hydrogens is 290 g/mol. The monoisotopic (exact) mass is 300 g/mol. The van der Waals surface area contributed by atoms with Gasteiger partial charge in [-0.05, 0) is 22.0 Å². The number of likely N-dealkylation sites (tertiary alicyclic amines) is 1. The van der Waals surface area contributed by atoms with Gasteiger partial charge in [-0.15, -0.1) is 0 Å². The molecule has 1 aliphatic rings. The van der Waals surface area contributed by atoms with Crippen LogP contribution in [0.25, 0.3) is 0 Å². The maximum atomic E-state index is 12.9. The van der Waals surface area contributed by atoms with Crippen LogP contribution in [0.4, 0.5) is 8.78 Å². The molecule has 5 heteroatoms. The average Bonchev–Trinajstić information content (AvgIpc) is 2.58. The molecule has 0 N–H and O–H groups in total. The molecule has 1 aliphatic heterocycles. The van der Waals surface area contributed by atoms with Gasteiger partial charge < -0.3 is 0 Å². The van der Waals surface area contributed by atoms with Crippen molar-refractivity contribution in [3.05, 3.63) is 28.5 Å². The van der Waals surface area contributed by atoms with Gasteiger partial charge in [0.2, 0.25) is 0 Å². The predicted octanol–water partition coefficient (Wildman–Crippen LogP) is 2.54. The predicted molar refractivity (Wildman–Crippen MR) is 64.8 cm³/mol. The van der Waals surface area contributed by atoms with Gasteiger partial charge >= 0.3 is 0 Å². The van der Waals surface area contributed by atoms with Gasteiger partial charge in [0.05, 0.1) is 13.1 Å². The first-order valence-electron chi connectivity index (χ1n) is 5.25.